The zero-order valence-corrected chi connectivity index (χ0v) is 15.3. The van der Waals surface area contributed by atoms with Crippen molar-refractivity contribution in [3.63, 3.8) is 0 Å². The molecule has 1 fully saturated rings. The van der Waals surface area contributed by atoms with Gasteiger partial charge in [0, 0.05) is 24.2 Å². The van der Waals surface area contributed by atoms with Crippen LogP contribution in [0.2, 0.25) is 5.02 Å². The highest BCUT2D eigenvalue weighted by Crippen LogP contribution is 2.24. The average molecular weight is 377 g/mol. The van der Waals surface area contributed by atoms with Crippen LogP contribution in [0.1, 0.15) is 52.3 Å². The minimum atomic E-state index is -0.366. The summed E-state index contributed by atoms with van der Waals surface area (Å²) in [5, 5.41) is 19.7. The molecule has 0 spiro atoms. The Labute approximate surface area is 156 Å². The van der Waals surface area contributed by atoms with E-state index < -0.39 is 0 Å². The van der Waals surface area contributed by atoms with Gasteiger partial charge in [0.2, 0.25) is 0 Å². The molecule has 0 bridgehead atoms. The van der Waals surface area contributed by atoms with Crippen LogP contribution in [0.4, 0.5) is 0 Å². The van der Waals surface area contributed by atoms with E-state index in [0.717, 1.165) is 5.56 Å². The Balaban J connectivity index is 1.92. The molecule has 1 saturated carbocycles. The van der Waals surface area contributed by atoms with E-state index in [2.05, 4.69) is 15.7 Å². The topological polar surface area (TPSA) is 96.3 Å². The number of amides is 2. The van der Waals surface area contributed by atoms with Crippen LogP contribution >= 0.6 is 11.6 Å². The molecular weight excluding hydrogens is 356 g/mol. The van der Waals surface area contributed by atoms with Crippen molar-refractivity contribution in [2.75, 3.05) is 7.05 Å². The van der Waals surface area contributed by atoms with E-state index in [0.29, 0.717) is 17.9 Å². The summed E-state index contributed by atoms with van der Waals surface area (Å²) in [4.78, 5) is 24.7. The van der Waals surface area contributed by atoms with Gasteiger partial charge in [-0.2, -0.15) is 5.10 Å². The Morgan fingerprint density at radius 2 is 2.04 bits per heavy atom. The average Bonchev–Trinajstić information content (AvgIpc) is 3.04. The molecule has 8 heteroatoms. The molecule has 138 valence electrons. The molecule has 2 aromatic rings. The number of halogens is 1. The molecule has 1 aromatic carbocycles. The van der Waals surface area contributed by atoms with Crippen LogP contribution in [-0.2, 0) is 0 Å². The smallest absolute Gasteiger partial charge is 0.271 e. The van der Waals surface area contributed by atoms with Gasteiger partial charge in [-0.15, -0.1) is 0 Å². The van der Waals surface area contributed by atoms with Crippen molar-refractivity contribution in [2.24, 2.45) is 0 Å². The van der Waals surface area contributed by atoms with Crippen molar-refractivity contribution in [1.82, 2.24) is 20.4 Å². The second-order valence-electron chi connectivity index (χ2n) is 6.47. The first kappa shape index (κ1) is 18.4. The lowest BCUT2D eigenvalue weighted by molar-refractivity contribution is 0.0557. The van der Waals surface area contributed by atoms with Gasteiger partial charge in [-0.25, -0.2) is 0 Å². The van der Waals surface area contributed by atoms with Gasteiger partial charge in [-0.1, -0.05) is 23.7 Å². The minimum absolute atomic E-state index is 0.0641. The Bertz CT molecular complexity index is 830. The number of carbonyl (C=O) groups excluding carboxylic acids is 2. The van der Waals surface area contributed by atoms with Crippen molar-refractivity contribution < 1.29 is 14.7 Å². The first-order valence-electron chi connectivity index (χ1n) is 8.45. The summed E-state index contributed by atoms with van der Waals surface area (Å²) in [6.07, 6.45) is 0.704. The molecule has 1 heterocycles. The van der Waals surface area contributed by atoms with Crippen molar-refractivity contribution in [2.45, 2.75) is 38.0 Å². The molecule has 1 aliphatic rings. The number of aliphatic hydroxyl groups is 1. The van der Waals surface area contributed by atoms with E-state index in [4.69, 9.17) is 11.6 Å². The lowest BCUT2D eigenvalue weighted by Crippen LogP contribution is -2.47. The number of nitrogens with one attached hydrogen (secondary N) is 2. The molecule has 26 heavy (non-hydrogen) atoms. The van der Waals surface area contributed by atoms with Crippen molar-refractivity contribution in [3.05, 3.63) is 52.3 Å². The number of nitrogens with zero attached hydrogens (tertiary/aromatic N) is 2. The van der Waals surface area contributed by atoms with Gasteiger partial charge in [0.25, 0.3) is 11.8 Å². The minimum Gasteiger partial charge on any atom is -0.393 e. The van der Waals surface area contributed by atoms with Crippen LogP contribution < -0.4 is 10.6 Å². The molecule has 1 aliphatic carbocycles. The first-order valence-corrected chi connectivity index (χ1v) is 8.83. The van der Waals surface area contributed by atoms with Crippen LogP contribution in [0.15, 0.2) is 30.3 Å². The summed E-state index contributed by atoms with van der Waals surface area (Å²) in [6.45, 7) is 1.89. The predicted octanol–water partition coefficient (Wildman–Crippen LogP) is 1.76. The molecule has 0 aliphatic heterocycles. The molecule has 0 unspecified atom stereocenters. The number of aliphatic hydroxyl groups excluding tert-OH is 1. The maximum absolute atomic E-state index is 12.7. The second kappa shape index (κ2) is 7.47. The molecule has 7 nitrogen and oxygen atoms in total. The molecular formula is C18H21ClN4O3. The molecule has 1 aromatic heterocycles. The van der Waals surface area contributed by atoms with E-state index in [9.17, 15) is 14.7 Å². The third kappa shape index (κ3) is 3.73. The number of rotatable bonds is 5. The lowest BCUT2D eigenvalue weighted by Gasteiger charge is -2.32. The summed E-state index contributed by atoms with van der Waals surface area (Å²) >= 11 is 6.07. The molecule has 3 rings (SSSR count). The monoisotopic (exact) mass is 376 g/mol. The fourth-order valence-electron chi connectivity index (χ4n) is 2.97. The first-order chi connectivity index (χ1) is 12.4. The predicted molar refractivity (Wildman–Crippen MR) is 97.4 cm³/mol. The third-order valence-corrected chi connectivity index (χ3v) is 4.81. The normalized spacial score (nSPS) is 20.2. The number of aromatic nitrogens is 2. The van der Waals surface area contributed by atoms with Gasteiger partial charge >= 0.3 is 0 Å². The molecule has 0 radical (unpaired) electrons. The number of benzene rings is 1. The van der Waals surface area contributed by atoms with Crippen LogP contribution in [-0.4, -0.2) is 45.9 Å². The summed E-state index contributed by atoms with van der Waals surface area (Å²) in [6, 6.07) is 8.41. The maximum Gasteiger partial charge on any atom is 0.271 e. The van der Waals surface area contributed by atoms with Gasteiger partial charge in [0.05, 0.1) is 12.1 Å². The SMILES string of the molecule is CNC(=O)c1cc(C(=O)NC2CC(O)C2)n([C@@H](C)c2cccc(Cl)c2)n1. The maximum atomic E-state index is 12.7. The number of hydrogen-bond donors (Lipinski definition) is 3. The zero-order valence-electron chi connectivity index (χ0n) is 14.6. The van der Waals surface area contributed by atoms with Crippen molar-refractivity contribution in [1.29, 1.82) is 0 Å². The van der Waals surface area contributed by atoms with E-state index in [1.807, 2.05) is 19.1 Å². The second-order valence-corrected chi connectivity index (χ2v) is 6.90. The summed E-state index contributed by atoms with van der Waals surface area (Å²) < 4.78 is 1.53. The van der Waals surface area contributed by atoms with Crippen LogP contribution in [0, 0.1) is 0 Å². The Morgan fingerprint density at radius 1 is 1.31 bits per heavy atom. The van der Waals surface area contributed by atoms with Gasteiger partial charge < -0.3 is 15.7 Å². The largest absolute Gasteiger partial charge is 0.393 e. The zero-order chi connectivity index (χ0) is 18.8. The quantitative estimate of drug-likeness (QED) is 0.740. The molecule has 3 N–H and O–H groups in total. The van der Waals surface area contributed by atoms with Crippen LogP contribution in [0.5, 0.6) is 0 Å². The Kier molecular flexibility index (Phi) is 5.29. The van der Waals surface area contributed by atoms with Crippen molar-refractivity contribution in [3.8, 4) is 0 Å². The number of hydrogen-bond acceptors (Lipinski definition) is 4. The summed E-state index contributed by atoms with van der Waals surface area (Å²) in [7, 11) is 1.51. The Hall–Kier alpha value is -2.38. The molecule has 0 saturated heterocycles. The molecule has 1 atom stereocenters. The summed E-state index contributed by atoms with van der Waals surface area (Å²) in [5.41, 5.74) is 1.33. The number of carbonyl (C=O) groups is 2. The fourth-order valence-corrected chi connectivity index (χ4v) is 3.17. The van der Waals surface area contributed by atoms with Gasteiger partial charge in [-0.05, 0) is 37.5 Å². The van der Waals surface area contributed by atoms with E-state index >= 15 is 0 Å². The lowest BCUT2D eigenvalue weighted by atomic mass is 9.89. The molecule has 2 amide bonds. The van der Waals surface area contributed by atoms with Gasteiger partial charge in [-0.3, -0.25) is 14.3 Å². The third-order valence-electron chi connectivity index (χ3n) is 4.57. The van der Waals surface area contributed by atoms with E-state index in [1.165, 1.54) is 17.8 Å². The van der Waals surface area contributed by atoms with Crippen LogP contribution in [0.3, 0.4) is 0 Å². The van der Waals surface area contributed by atoms with Crippen LogP contribution in [0.25, 0.3) is 0 Å². The Morgan fingerprint density at radius 3 is 2.65 bits per heavy atom. The van der Waals surface area contributed by atoms with E-state index in [1.54, 1.807) is 12.1 Å². The highest BCUT2D eigenvalue weighted by Gasteiger charge is 2.30. The van der Waals surface area contributed by atoms with Crippen molar-refractivity contribution >= 4 is 23.4 Å². The standard InChI is InChI=1S/C18H21ClN4O3/c1-10(11-4-3-5-12(19)6-11)23-16(9-15(22-23)17(25)20-2)18(26)21-13-7-14(24)8-13/h3-6,9-10,13-14,24H,7-8H2,1-2H3,(H,20,25)(H,21,26)/t10-,13?,14?/m0/s1. The highest BCUT2D eigenvalue weighted by molar-refractivity contribution is 6.30. The highest BCUT2D eigenvalue weighted by atomic mass is 35.5. The van der Waals surface area contributed by atoms with Gasteiger partial charge in [0.15, 0.2) is 5.69 Å². The fraction of sp³-hybridized carbons (Fsp3) is 0.389. The van der Waals surface area contributed by atoms with E-state index in [-0.39, 0.29) is 41.4 Å². The summed E-state index contributed by atoms with van der Waals surface area (Å²) in [5.74, 6) is -0.686. The van der Waals surface area contributed by atoms with Gasteiger partial charge in [0.1, 0.15) is 5.69 Å².